The Balaban J connectivity index is 0.000000121. The Hall–Kier alpha value is -11.2. The fourth-order valence-electron chi connectivity index (χ4n) is 15.5. The van der Waals surface area contributed by atoms with Gasteiger partial charge < -0.3 is 42.1 Å². The maximum Gasteiger partial charge on any atom is 0.212 e. The highest BCUT2D eigenvalue weighted by Gasteiger charge is 2.34. The second kappa shape index (κ2) is 28.5. The third kappa shape index (κ3) is 12.9. The third-order valence-corrected chi connectivity index (χ3v) is 21.4. The van der Waals surface area contributed by atoms with Gasteiger partial charge >= 0.3 is 0 Å². The van der Waals surface area contributed by atoms with Crippen LogP contribution in [0.15, 0.2) is 175 Å². The van der Waals surface area contributed by atoms with Crippen LogP contribution < -0.4 is 14.2 Å². The number of aromatic nitrogens is 11. The summed E-state index contributed by atoms with van der Waals surface area (Å²) in [4.78, 5) is 8.95. The summed E-state index contributed by atoms with van der Waals surface area (Å²) in [5.41, 5.74) is 18.1. The summed E-state index contributed by atoms with van der Waals surface area (Å²) in [5, 5.41) is 27.9. The van der Waals surface area contributed by atoms with Gasteiger partial charge in [0.05, 0.1) is 73.0 Å². The quantitative estimate of drug-likeness (QED) is 0.0917. The lowest BCUT2D eigenvalue weighted by Gasteiger charge is -2.26. The second-order valence-electron chi connectivity index (χ2n) is 26.7. The average molecular weight is 1440 g/mol. The van der Waals surface area contributed by atoms with Gasteiger partial charge in [-0.2, -0.15) is 19.7 Å². The van der Waals surface area contributed by atoms with Gasteiger partial charge in [-0.05, 0) is 191 Å². The van der Waals surface area contributed by atoms with Crippen molar-refractivity contribution in [2.24, 2.45) is 0 Å². The van der Waals surface area contributed by atoms with Crippen molar-refractivity contribution in [1.29, 1.82) is 0 Å². The number of nitrogens with one attached hydrogen (secondary N) is 3. The van der Waals surface area contributed by atoms with Gasteiger partial charge in [-0.25, -0.2) is 31.6 Å². The number of aromatic amines is 3. The van der Waals surface area contributed by atoms with Crippen LogP contribution in [-0.2, 0) is 24.0 Å². The first-order chi connectivity index (χ1) is 51.1. The predicted octanol–water partition coefficient (Wildman–Crippen LogP) is 17.3. The predicted molar refractivity (Wildman–Crippen MR) is 396 cm³/mol. The lowest BCUT2D eigenvalue weighted by atomic mass is 9.89. The van der Waals surface area contributed by atoms with Crippen molar-refractivity contribution in [3.63, 3.8) is 0 Å². The van der Waals surface area contributed by atoms with Gasteiger partial charge in [-0.3, -0.25) is 15.3 Å². The van der Waals surface area contributed by atoms with Crippen LogP contribution in [0.25, 0.3) is 116 Å². The van der Waals surface area contributed by atoms with Crippen molar-refractivity contribution in [2.75, 3.05) is 67.2 Å². The minimum atomic E-state index is -3.44. The third-order valence-electron chi connectivity index (χ3n) is 20.4. The van der Waals surface area contributed by atoms with E-state index >= 15 is 0 Å². The van der Waals surface area contributed by atoms with Crippen LogP contribution in [0.3, 0.4) is 0 Å². The van der Waals surface area contributed by atoms with E-state index in [4.69, 9.17) is 28.4 Å². The van der Waals surface area contributed by atoms with Crippen LogP contribution in [0, 0.1) is 30.2 Å². The van der Waals surface area contributed by atoms with Crippen LogP contribution in [0.1, 0.15) is 79.1 Å². The Morgan fingerprint density at radius 3 is 1.18 bits per heavy atom. The van der Waals surface area contributed by atoms with E-state index in [9.17, 15) is 26.0 Å². The van der Waals surface area contributed by atoms with Crippen molar-refractivity contribution in [3.8, 4) is 67.8 Å². The van der Waals surface area contributed by atoms with Crippen molar-refractivity contribution < 1.29 is 54.4 Å². The van der Waals surface area contributed by atoms with Crippen molar-refractivity contribution >= 4 is 75.3 Å². The highest BCUT2D eigenvalue weighted by molar-refractivity contribution is 7.90. The van der Waals surface area contributed by atoms with E-state index in [0.717, 1.165) is 185 Å². The van der Waals surface area contributed by atoms with E-state index in [-0.39, 0.29) is 45.8 Å². The number of rotatable bonds is 13. The molecule has 7 aromatic carbocycles. The maximum atomic E-state index is 14.9. The van der Waals surface area contributed by atoms with Crippen LogP contribution in [0.4, 0.5) is 17.6 Å². The highest BCUT2D eigenvalue weighted by atomic mass is 32.2. The molecule has 0 radical (unpaired) electrons. The first kappa shape index (κ1) is 68.3. The molecule has 0 unspecified atom stereocenters. The number of pyridine rings is 2. The maximum absolute atomic E-state index is 14.9. The largest absolute Gasteiger partial charge is 0.494 e. The molecule has 0 spiro atoms. The van der Waals surface area contributed by atoms with Crippen molar-refractivity contribution in [2.45, 2.75) is 68.2 Å². The number of fused-ring (bicyclic) bond motifs is 6. The van der Waals surface area contributed by atoms with Gasteiger partial charge in [0.1, 0.15) is 17.5 Å². The molecule has 0 amide bonds. The molecule has 3 aliphatic rings. The SMILES string of the molecule is COc1cc(-c2c(C3CCOCC3)n(-c3ccc(F)cc3)c3cc4cn[nH]c4cc23)cc(OC)c1F.COc1ccc(-c2c(C3CCOCC3)n(-c3ccc(F)cc3)c3cc4cn[nH]c4cc23)cn1.Cc1nc(S(C)(=O)=O)ccc1-c1c(C2CCOCC2)n(-c2ccc(F)cc2)c2cc3cn[nH]c3cc12. The van der Waals surface area contributed by atoms with Gasteiger partial charge in [0.25, 0.3) is 0 Å². The molecule has 8 aromatic heterocycles. The number of ether oxygens (including phenoxy) is 6. The summed E-state index contributed by atoms with van der Waals surface area (Å²) in [6, 6.07) is 43.2. The number of halogens is 4. The zero-order valence-corrected chi connectivity index (χ0v) is 59.0. The van der Waals surface area contributed by atoms with Gasteiger partial charge in [-0.1, -0.05) is 0 Å². The molecule has 19 nitrogen and oxygen atoms in total. The Labute approximate surface area is 600 Å². The van der Waals surface area contributed by atoms with Crippen LogP contribution in [0.2, 0.25) is 0 Å². The van der Waals surface area contributed by atoms with Crippen LogP contribution in [-0.4, -0.2) is 130 Å². The molecular formula is C81H73F4N11O8S. The van der Waals surface area contributed by atoms with E-state index < -0.39 is 15.7 Å². The normalized spacial score (nSPS) is 14.9. The smallest absolute Gasteiger partial charge is 0.212 e. The standard InChI is InChI=1S/C28H25F2N3O3.C27H25FN4O3S.C26H23FN4O2/c1-34-24-12-17(13-25(35-2)27(24)30)26-21-14-22-18(15-31-32-22)11-23(21)33(20-5-3-19(29)4-6-20)28(26)16-7-9-36-10-8-16;1-16-21(7-8-25(30-16)36(2,33)34)26-22-14-23-18(15-29-31-23)13-24(22)32(20-5-3-19(28)4-6-20)27(26)17-9-11-35-12-10-17;1-32-24-7-2-17(14-28-24)25-21-13-22-18(15-29-30-22)12-23(21)31(20-5-3-19(27)4-6-20)26(25)16-8-10-33-11-9-16/h3-6,11-16H,7-10H2,1-2H3,(H,31,32);3-8,13-15,17H,9-12H2,1-2H3,(H,29,31);2-7,12-16H,8-11H2,1H3,(H,29,30). The monoisotopic (exact) mass is 1440 g/mol. The molecule has 3 N–H and O–H groups in total. The topological polar surface area (TPSA) is 216 Å². The molecule has 3 aliphatic heterocycles. The summed E-state index contributed by atoms with van der Waals surface area (Å²) >= 11 is 0. The zero-order valence-electron chi connectivity index (χ0n) is 58.1. The van der Waals surface area contributed by atoms with Crippen molar-refractivity contribution in [3.05, 3.63) is 216 Å². The Morgan fingerprint density at radius 1 is 0.448 bits per heavy atom. The van der Waals surface area contributed by atoms with Crippen LogP contribution >= 0.6 is 0 Å². The first-order valence-corrected chi connectivity index (χ1v) is 36.7. The Morgan fingerprint density at radius 2 is 0.829 bits per heavy atom. The van der Waals surface area contributed by atoms with Gasteiger partial charge in [0, 0.05) is 176 Å². The first-order valence-electron chi connectivity index (χ1n) is 34.8. The molecule has 3 saturated heterocycles. The number of hydrogen-bond donors (Lipinski definition) is 3. The van der Waals surface area contributed by atoms with Gasteiger partial charge in [-0.15, -0.1) is 0 Å². The lowest BCUT2D eigenvalue weighted by Crippen LogP contribution is -2.17. The summed E-state index contributed by atoms with van der Waals surface area (Å²) in [5.74, 6) is 0.0510. The molecule has 11 heterocycles. The van der Waals surface area contributed by atoms with E-state index in [1.807, 2.05) is 43.6 Å². The van der Waals surface area contributed by atoms with Crippen LogP contribution in [0.5, 0.6) is 17.4 Å². The average Bonchev–Trinajstić information content (AvgIpc) is 1.59. The fourth-order valence-corrected chi connectivity index (χ4v) is 16.1. The summed E-state index contributed by atoms with van der Waals surface area (Å²) in [7, 11) is 1.06. The molecule has 0 aliphatic carbocycles. The minimum Gasteiger partial charge on any atom is -0.494 e. The molecule has 24 heteroatoms. The van der Waals surface area contributed by atoms with E-state index in [1.165, 1.54) is 56.3 Å². The number of nitrogens with zero attached hydrogens (tertiary/aromatic N) is 8. The molecule has 534 valence electrons. The number of sulfone groups is 1. The second-order valence-corrected chi connectivity index (χ2v) is 28.7. The molecule has 0 bridgehead atoms. The highest BCUT2D eigenvalue weighted by Crippen LogP contribution is 2.50. The minimum absolute atomic E-state index is 0.0506. The van der Waals surface area contributed by atoms with Crippen molar-refractivity contribution in [1.82, 2.24) is 54.3 Å². The number of H-pyrrole nitrogens is 3. The number of methoxy groups -OCH3 is 3. The molecule has 0 saturated carbocycles. The number of aryl methyl sites for hydroxylation is 1. The van der Waals surface area contributed by atoms with Gasteiger partial charge in [0.15, 0.2) is 26.4 Å². The molecular weight excluding hydrogens is 1360 g/mol. The number of benzene rings is 7. The van der Waals surface area contributed by atoms with E-state index in [1.54, 1.807) is 62.0 Å². The molecule has 0 atom stereocenters. The molecule has 15 aromatic rings. The Bertz CT molecular complexity index is 5830. The Kier molecular flexibility index (Phi) is 18.5. The van der Waals surface area contributed by atoms with E-state index in [2.05, 4.69) is 96.7 Å². The molecule has 105 heavy (non-hydrogen) atoms. The fraction of sp³-hybridized carbons (Fsp3) is 0.247. The van der Waals surface area contributed by atoms with Gasteiger partial charge in [0.2, 0.25) is 11.7 Å². The lowest BCUT2D eigenvalue weighted by molar-refractivity contribution is 0.0843. The summed E-state index contributed by atoms with van der Waals surface area (Å²) < 4.78 is 121. The molecule has 18 rings (SSSR count). The number of hydrogen-bond acceptors (Lipinski definition) is 13. The summed E-state index contributed by atoms with van der Waals surface area (Å²) in [6.07, 6.45) is 13.6. The molecule has 3 fully saturated rings. The summed E-state index contributed by atoms with van der Waals surface area (Å²) in [6.45, 7) is 5.90. The zero-order chi connectivity index (χ0) is 72.2. The van der Waals surface area contributed by atoms with E-state index in [0.29, 0.717) is 43.9 Å².